The maximum Gasteiger partial charge on any atom is 0.322 e. The monoisotopic (exact) mass is 270 g/mol. The zero-order chi connectivity index (χ0) is 13.5. The number of halogens is 1. The van der Waals surface area contributed by atoms with Crippen LogP contribution in [0.5, 0.6) is 0 Å². The van der Waals surface area contributed by atoms with E-state index in [2.05, 4.69) is 10.6 Å². The Kier molecular flexibility index (Phi) is 5.13. The summed E-state index contributed by atoms with van der Waals surface area (Å²) in [5.41, 5.74) is 0.327. The molecule has 0 heterocycles. The number of benzene rings is 1. The molecule has 0 radical (unpaired) electrons. The number of nitrogens with one attached hydrogen (secondary N) is 2. The van der Waals surface area contributed by atoms with Gasteiger partial charge in [-0.2, -0.15) is 0 Å². The van der Waals surface area contributed by atoms with Crippen molar-refractivity contribution in [1.82, 2.24) is 10.6 Å². The summed E-state index contributed by atoms with van der Waals surface area (Å²) < 4.78 is 0. The third-order valence-corrected chi connectivity index (χ3v) is 2.17. The molecule has 0 saturated heterocycles. The van der Waals surface area contributed by atoms with Gasteiger partial charge < -0.3 is 15.7 Å². The van der Waals surface area contributed by atoms with Crippen molar-refractivity contribution in [1.29, 1.82) is 0 Å². The van der Waals surface area contributed by atoms with Crippen LogP contribution < -0.4 is 10.6 Å². The topological polar surface area (TPSA) is 95.5 Å². The molecule has 0 aliphatic heterocycles. The lowest BCUT2D eigenvalue weighted by Crippen LogP contribution is -2.39. The normalized spacial score (nSPS) is 9.61. The molecule has 18 heavy (non-hydrogen) atoms. The Hall–Kier alpha value is -2.08. The van der Waals surface area contributed by atoms with Crippen LogP contribution in [0.1, 0.15) is 10.4 Å². The Bertz CT molecular complexity index is 476. The third-order valence-electron chi connectivity index (χ3n) is 1.93. The van der Waals surface area contributed by atoms with Crippen molar-refractivity contribution in [3.8, 4) is 0 Å². The second kappa shape index (κ2) is 6.61. The quantitative estimate of drug-likeness (QED) is 0.716. The third kappa shape index (κ3) is 4.84. The molecule has 0 aliphatic rings. The Labute approximate surface area is 108 Å². The molecular weight excluding hydrogens is 260 g/mol. The molecule has 7 heteroatoms. The van der Waals surface area contributed by atoms with E-state index < -0.39 is 24.3 Å². The van der Waals surface area contributed by atoms with Crippen LogP contribution in [0.3, 0.4) is 0 Å². The number of carboxylic acids is 1. The van der Waals surface area contributed by atoms with Crippen LogP contribution in [0, 0.1) is 0 Å². The predicted octanol–water partition coefficient (Wildman–Crippen LogP) is 0.271. The SMILES string of the molecule is O=C(O)CNC(=O)CNC(=O)c1cccc(Cl)c1. The maximum absolute atomic E-state index is 11.6. The lowest BCUT2D eigenvalue weighted by Gasteiger charge is -2.05. The molecule has 2 amide bonds. The van der Waals surface area contributed by atoms with Gasteiger partial charge in [0.25, 0.3) is 5.91 Å². The molecule has 1 rings (SSSR count). The van der Waals surface area contributed by atoms with Gasteiger partial charge in [0.15, 0.2) is 0 Å². The number of rotatable bonds is 5. The minimum Gasteiger partial charge on any atom is -0.480 e. The van der Waals surface area contributed by atoms with Gasteiger partial charge in [-0.25, -0.2) is 0 Å². The maximum atomic E-state index is 11.6. The van der Waals surface area contributed by atoms with Crippen LogP contribution >= 0.6 is 11.6 Å². The second-order valence-electron chi connectivity index (χ2n) is 3.36. The fourth-order valence-electron chi connectivity index (χ4n) is 1.13. The van der Waals surface area contributed by atoms with Crippen molar-refractivity contribution in [2.45, 2.75) is 0 Å². The molecule has 0 saturated carbocycles. The van der Waals surface area contributed by atoms with Gasteiger partial charge >= 0.3 is 5.97 Å². The summed E-state index contributed by atoms with van der Waals surface area (Å²) in [5.74, 6) is -2.18. The highest BCUT2D eigenvalue weighted by atomic mass is 35.5. The first-order chi connectivity index (χ1) is 8.49. The molecule has 0 bridgehead atoms. The Morgan fingerprint density at radius 3 is 2.50 bits per heavy atom. The van der Waals surface area contributed by atoms with Crippen molar-refractivity contribution in [2.75, 3.05) is 13.1 Å². The van der Waals surface area contributed by atoms with E-state index in [9.17, 15) is 14.4 Å². The minimum absolute atomic E-state index is 0.293. The second-order valence-corrected chi connectivity index (χ2v) is 3.80. The first kappa shape index (κ1) is 14.0. The Balaban J connectivity index is 2.42. The van der Waals surface area contributed by atoms with Crippen LogP contribution in [-0.4, -0.2) is 36.0 Å². The van der Waals surface area contributed by atoms with E-state index in [-0.39, 0.29) is 6.54 Å². The van der Waals surface area contributed by atoms with Gasteiger partial charge in [-0.3, -0.25) is 14.4 Å². The van der Waals surface area contributed by atoms with E-state index in [1.807, 2.05) is 0 Å². The Morgan fingerprint density at radius 2 is 1.89 bits per heavy atom. The van der Waals surface area contributed by atoms with Gasteiger partial charge in [0, 0.05) is 10.6 Å². The van der Waals surface area contributed by atoms with Crippen LogP contribution in [0.25, 0.3) is 0 Å². The molecule has 96 valence electrons. The summed E-state index contributed by atoms with van der Waals surface area (Å²) in [6.07, 6.45) is 0. The molecular formula is C11H11ClN2O4. The summed E-state index contributed by atoms with van der Waals surface area (Å²) >= 11 is 5.71. The smallest absolute Gasteiger partial charge is 0.322 e. The standard InChI is InChI=1S/C11H11ClN2O4/c12-8-3-1-2-7(4-8)11(18)14-5-9(15)13-6-10(16)17/h1-4H,5-6H2,(H,13,15)(H,14,18)(H,16,17). The first-order valence-electron chi connectivity index (χ1n) is 5.01. The fourth-order valence-corrected chi connectivity index (χ4v) is 1.32. The molecule has 0 aliphatic carbocycles. The van der Waals surface area contributed by atoms with Crippen LogP contribution in [0.4, 0.5) is 0 Å². The summed E-state index contributed by atoms with van der Waals surface area (Å²) in [7, 11) is 0. The first-order valence-corrected chi connectivity index (χ1v) is 5.39. The molecule has 0 fully saturated rings. The van der Waals surface area contributed by atoms with Gasteiger partial charge in [-0.15, -0.1) is 0 Å². The molecule has 0 atom stereocenters. The number of carboxylic acid groups (broad SMARTS) is 1. The van der Waals surface area contributed by atoms with Gasteiger partial charge in [-0.05, 0) is 18.2 Å². The largest absolute Gasteiger partial charge is 0.480 e. The summed E-state index contributed by atoms with van der Waals surface area (Å²) in [4.78, 5) is 32.9. The molecule has 1 aromatic rings. The van der Waals surface area contributed by atoms with Crippen molar-refractivity contribution in [2.24, 2.45) is 0 Å². The number of carbonyl (C=O) groups excluding carboxylic acids is 2. The zero-order valence-electron chi connectivity index (χ0n) is 9.27. The molecule has 0 unspecified atom stereocenters. The number of amides is 2. The van der Waals surface area contributed by atoms with Crippen LogP contribution in [0.2, 0.25) is 5.02 Å². The average Bonchev–Trinajstić information content (AvgIpc) is 2.33. The lowest BCUT2D eigenvalue weighted by molar-refractivity contribution is -0.137. The minimum atomic E-state index is -1.15. The number of aliphatic carboxylic acids is 1. The van der Waals surface area contributed by atoms with Crippen molar-refractivity contribution >= 4 is 29.4 Å². The van der Waals surface area contributed by atoms with E-state index in [4.69, 9.17) is 16.7 Å². The summed E-state index contributed by atoms with van der Waals surface area (Å²) in [6.45, 7) is -0.773. The number of carbonyl (C=O) groups is 3. The predicted molar refractivity (Wildman–Crippen MR) is 64.4 cm³/mol. The molecule has 6 nitrogen and oxygen atoms in total. The van der Waals surface area contributed by atoms with Gasteiger partial charge in [0.1, 0.15) is 6.54 Å². The van der Waals surface area contributed by atoms with Gasteiger partial charge in [0.2, 0.25) is 5.91 Å². The molecule has 3 N–H and O–H groups in total. The van der Waals surface area contributed by atoms with Crippen LogP contribution in [-0.2, 0) is 9.59 Å². The highest BCUT2D eigenvalue weighted by Gasteiger charge is 2.08. The van der Waals surface area contributed by atoms with Crippen molar-refractivity contribution in [3.63, 3.8) is 0 Å². The van der Waals surface area contributed by atoms with Crippen molar-refractivity contribution in [3.05, 3.63) is 34.9 Å². The van der Waals surface area contributed by atoms with E-state index in [1.54, 1.807) is 18.2 Å². The van der Waals surface area contributed by atoms with E-state index in [0.717, 1.165) is 0 Å². The summed E-state index contributed by atoms with van der Waals surface area (Å²) in [6, 6.07) is 6.25. The van der Waals surface area contributed by atoms with Gasteiger partial charge in [0.05, 0.1) is 6.54 Å². The molecule has 0 aromatic heterocycles. The highest BCUT2D eigenvalue weighted by molar-refractivity contribution is 6.30. The average molecular weight is 271 g/mol. The number of hydrogen-bond acceptors (Lipinski definition) is 3. The van der Waals surface area contributed by atoms with Crippen molar-refractivity contribution < 1.29 is 19.5 Å². The molecule has 1 aromatic carbocycles. The number of hydrogen-bond donors (Lipinski definition) is 3. The Morgan fingerprint density at radius 1 is 1.17 bits per heavy atom. The lowest BCUT2D eigenvalue weighted by atomic mass is 10.2. The zero-order valence-corrected chi connectivity index (χ0v) is 10.0. The molecule has 0 spiro atoms. The van der Waals surface area contributed by atoms with Gasteiger partial charge in [-0.1, -0.05) is 17.7 Å². The fraction of sp³-hybridized carbons (Fsp3) is 0.182. The highest BCUT2D eigenvalue weighted by Crippen LogP contribution is 2.10. The van der Waals surface area contributed by atoms with Crippen LogP contribution in [0.15, 0.2) is 24.3 Å². The van der Waals surface area contributed by atoms with E-state index in [1.165, 1.54) is 6.07 Å². The summed E-state index contributed by atoms with van der Waals surface area (Å²) in [5, 5.41) is 13.2. The van der Waals surface area contributed by atoms with E-state index >= 15 is 0 Å². The van der Waals surface area contributed by atoms with E-state index in [0.29, 0.717) is 10.6 Å².